The number of primary amides is 1. The maximum Gasteiger partial charge on any atom is 0.243 e. The van der Waals surface area contributed by atoms with Gasteiger partial charge < -0.3 is 11.1 Å². The molecule has 2 aromatic rings. The molecular formula is C9H11N5O. The number of nitrogens with one attached hydrogen (secondary N) is 1. The molecule has 0 aliphatic rings. The lowest BCUT2D eigenvalue weighted by Gasteiger charge is -1.94. The molecule has 6 heteroatoms. The molecule has 15 heavy (non-hydrogen) atoms. The van der Waals surface area contributed by atoms with Gasteiger partial charge in [0.15, 0.2) is 5.65 Å². The van der Waals surface area contributed by atoms with Crippen LogP contribution in [0.3, 0.4) is 0 Å². The number of rotatable bonds is 3. The Hall–Kier alpha value is -2.11. The summed E-state index contributed by atoms with van der Waals surface area (Å²) in [6.07, 6.45) is 1.81. The first-order valence-electron chi connectivity index (χ1n) is 4.50. The number of pyridine rings is 1. The summed E-state index contributed by atoms with van der Waals surface area (Å²) in [4.78, 5) is 14.7. The van der Waals surface area contributed by atoms with Gasteiger partial charge in [0.05, 0.1) is 6.54 Å². The zero-order valence-corrected chi connectivity index (χ0v) is 8.27. The third kappa shape index (κ3) is 2.04. The fraction of sp³-hybridized carbons (Fsp3) is 0.222. The predicted octanol–water partition coefficient (Wildman–Crippen LogP) is -0.0651. The first-order chi connectivity index (χ1) is 7.15. The quantitative estimate of drug-likeness (QED) is 0.734. The molecule has 0 unspecified atom stereocenters. The number of aryl methyl sites for hydroxylation is 1. The molecule has 0 atom stereocenters. The maximum absolute atomic E-state index is 10.5. The Morgan fingerprint density at radius 1 is 1.67 bits per heavy atom. The van der Waals surface area contributed by atoms with E-state index < -0.39 is 5.91 Å². The van der Waals surface area contributed by atoms with E-state index in [0.29, 0.717) is 5.95 Å². The van der Waals surface area contributed by atoms with E-state index in [4.69, 9.17) is 5.73 Å². The molecule has 0 spiro atoms. The number of amides is 1. The minimum atomic E-state index is -0.440. The standard InChI is InChI=1S/C9H11N5O/c1-6-2-3-14-8(4-6)12-9(13-14)11-5-7(10)15/h2-4H,5H2,1H3,(H2,10,15)(H,11,13). The summed E-state index contributed by atoms with van der Waals surface area (Å²) in [5.74, 6) is -0.0376. The highest BCUT2D eigenvalue weighted by molar-refractivity contribution is 5.78. The van der Waals surface area contributed by atoms with E-state index >= 15 is 0 Å². The van der Waals surface area contributed by atoms with Crippen molar-refractivity contribution >= 4 is 17.5 Å². The summed E-state index contributed by atoms with van der Waals surface area (Å²) in [5, 5.41) is 6.85. The van der Waals surface area contributed by atoms with Crippen LogP contribution in [0.5, 0.6) is 0 Å². The highest BCUT2D eigenvalue weighted by Gasteiger charge is 2.03. The molecule has 0 bridgehead atoms. The van der Waals surface area contributed by atoms with Crippen LogP contribution in [-0.4, -0.2) is 27.0 Å². The topological polar surface area (TPSA) is 85.3 Å². The molecule has 2 rings (SSSR count). The second kappa shape index (κ2) is 3.56. The fourth-order valence-electron chi connectivity index (χ4n) is 1.22. The van der Waals surface area contributed by atoms with E-state index in [1.165, 1.54) is 0 Å². The van der Waals surface area contributed by atoms with Gasteiger partial charge in [-0.2, -0.15) is 4.98 Å². The van der Waals surface area contributed by atoms with Crippen molar-refractivity contribution < 1.29 is 4.79 Å². The Balaban J connectivity index is 2.27. The SMILES string of the molecule is Cc1ccn2nc(NCC(N)=O)nc2c1. The molecule has 2 aromatic heterocycles. The molecule has 0 aromatic carbocycles. The lowest BCUT2D eigenvalue weighted by molar-refractivity contribution is -0.116. The minimum Gasteiger partial charge on any atom is -0.368 e. The number of anilines is 1. The monoisotopic (exact) mass is 205 g/mol. The molecular weight excluding hydrogens is 194 g/mol. The fourth-order valence-corrected chi connectivity index (χ4v) is 1.22. The molecule has 3 N–H and O–H groups in total. The van der Waals surface area contributed by atoms with E-state index in [1.54, 1.807) is 4.52 Å². The maximum atomic E-state index is 10.5. The van der Waals surface area contributed by atoms with Crippen molar-refractivity contribution in [2.75, 3.05) is 11.9 Å². The summed E-state index contributed by atoms with van der Waals surface area (Å²) in [7, 11) is 0. The van der Waals surface area contributed by atoms with Gasteiger partial charge in [0.1, 0.15) is 0 Å². The van der Waals surface area contributed by atoms with Crippen LogP contribution in [0, 0.1) is 6.92 Å². The van der Waals surface area contributed by atoms with Gasteiger partial charge in [-0.15, -0.1) is 5.10 Å². The summed E-state index contributed by atoms with van der Waals surface area (Å²) < 4.78 is 1.64. The average molecular weight is 205 g/mol. The zero-order chi connectivity index (χ0) is 10.8. The molecule has 2 heterocycles. The van der Waals surface area contributed by atoms with Crippen LogP contribution in [0.25, 0.3) is 5.65 Å². The van der Waals surface area contributed by atoms with Gasteiger partial charge in [0.2, 0.25) is 11.9 Å². The van der Waals surface area contributed by atoms with Crippen molar-refractivity contribution in [3.63, 3.8) is 0 Å². The molecule has 6 nitrogen and oxygen atoms in total. The Labute approximate surface area is 86.1 Å². The van der Waals surface area contributed by atoms with Crippen LogP contribution >= 0.6 is 0 Å². The van der Waals surface area contributed by atoms with E-state index in [0.717, 1.165) is 11.2 Å². The summed E-state index contributed by atoms with van der Waals surface area (Å²) in [6, 6.07) is 3.84. The normalized spacial score (nSPS) is 10.5. The van der Waals surface area contributed by atoms with Crippen LogP contribution < -0.4 is 11.1 Å². The Morgan fingerprint density at radius 3 is 3.20 bits per heavy atom. The number of nitrogens with zero attached hydrogens (tertiary/aromatic N) is 3. The molecule has 0 aliphatic heterocycles. The predicted molar refractivity (Wildman–Crippen MR) is 55.4 cm³/mol. The third-order valence-corrected chi connectivity index (χ3v) is 1.91. The van der Waals surface area contributed by atoms with Gasteiger partial charge in [0, 0.05) is 6.20 Å². The van der Waals surface area contributed by atoms with Gasteiger partial charge in [-0.25, -0.2) is 4.52 Å². The number of carbonyl (C=O) groups is 1. The van der Waals surface area contributed by atoms with Crippen LogP contribution in [0.1, 0.15) is 5.56 Å². The second-order valence-corrected chi connectivity index (χ2v) is 3.26. The van der Waals surface area contributed by atoms with Gasteiger partial charge >= 0.3 is 0 Å². The van der Waals surface area contributed by atoms with Gasteiger partial charge in [0.25, 0.3) is 0 Å². The highest BCUT2D eigenvalue weighted by atomic mass is 16.1. The molecule has 1 amide bonds. The van der Waals surface area contributed by atoms with Crippen LogP contribution in [0.4, 0.5) is 5.95 Å². The van der Waals surface area contributed by atoms with E-state index in [-0.39, 0.29) is 6.54 Å². The minimum absolute atomic E-state index is 0.0376. The number of hydrogen-bond acceptors (Lipinski definition) is 4. The van der Waals surface area contributed by atoms with Gasteiger partial charge in [-0.1, -0.05) is 0 Å². The van der Waals surface area contributed by atoms with Crippen molar-refractivity contribution in [3.05, 3.63) is 23.9 Å². The summed E-state index contributed by atoms with van der Waals surface area (Å²) >= 11 is 0. The third-order valence-electron chi connectivity index (χ3n) is 1.91. The largest absolute Gasteiger partial charge is 0.368 e. The Bertz CT molecular complexity index is 504. The number of hydrogen-bond donors (Lipinski definition) is 2. The first-order valence-corrected chi connectivity index (χ1v) is 4.50. The highest BCUT2D eigenvalue weighted by Crippen LogP contribution is 2.06. The molecule has 0 aliphatic carbocycles. The van der Waals surface area contributed by atoms with Crippen LogP contribution in [0.15, 0.2) is 18.3 Å². The molecule has 78 valence electrons. The smallest absolute Gasteiger partial charge is 0.243 e. The summed E-state index contributed by atoms with van der Waals surface area (Å²) in [5.41, 5.74) is 6.84. The van der Waals surface area contributed by atoms with Crippen molar-refractivity contribution in [2.45, 2.75) is 6.92 Å². The van der Waals surface area contributed by atoms with E-state index in [2.05, 4.69) is 15.4 Å². The first kappa shape index (κ1) is 9.45. The number of carbonyl (C=O) groups excluding carboxylic acids is 1. The number of aromatic nitrogens is 3. The zero-order valence-electron chi connectivity index (χ0n) is 8.27. The lowest BCUT2D eigenvalue weighted by Crippen LogP contribution is -2.22. The van der Waals surface area contributed by atoms with E-state index in [9.17, 15) is 4.79 Å². The van der Waals surface area contributed by atoms with E-state index in [1.807, 2.05) is 25.3 Å². The number of fused-ring (bicyclic) bond motifs is 1. The second-order valence-electron chi connectivity index (χ2n) is 3.26. The molecule has 0 radical (unpaired) electrons. The molecule has 0 saturated carbocycles. The van der Waals surface area contributed by atoms with Crippen LogP contribution in [0.2, 0.25) is 0 Å². The average Bonchev–Trinajstić information content (AvgIpc) is 2.56. The Kier molecular flexibility index (Phi) is 2.24. The number of nitrogens with two attached hydrogens (primary N) is 1. The van der Waals surface area contributed by atoms with Crippen molar-refractivity contribution in [2.24, 2.45) is 5.73 Å². The van der Waals surface area contributed by atoms with Gasteiger partial charge in [-0.3, -0.25) is 4.79 Å². The lowest BCUT2D eigenvalue weighted by atomic mass is 10.3. The Morgan fingerprint density at radius 2 is 2.47 bits per heavy atom. The summed E-state index contributed by atoms with van der Waals surface area (Å²) in [6.45, 7) is 2.01. The van der Waals surface area contributed by atoms with Crippen molar-refractivity contribution in [1.29, 1.82) is 0 Å². The molecule has 0 fully saturated rings. The molecule has 0 saturated heterocycles. The van der Waals surface area contributed by atoms with Gasteiger partial charge in [-0.05, 0) is 24.6 Å². The van der Waals surface area contributed by atoms with Crippen molar-refractivity contribution in [3.8, 4) is 0 Å². The van der Waals surface area contributed by atoms with Crippen LogP contribution in [-0.2, 0) is 4.79 Å². The van der Waals surface area contributed by atoms with Crippen molar-refractivity contribution in [1.82, 2.24) is 14.6 Å².